The third-order valence-corrected chi connectivity index (χ3v) is 7.32. The molecule has 1 amide bonds. The Kier molecular flexibility index (Phi) is 7.62. The Morgan fingerprint density at radius 3 is 2.37 bits per heavy atom. The monoisotopic (exact) mass is 481 g/mol. The van der Waals surface area contributed by atoms with Crippen LogP contribution >= 0.6 is 0 Å². The van der Waals surface area contributed by atoms with Crippen molar-refractivity contribution in [2.45, 2.75) is 44.8 Å². The van der Waals surface area contributed by atoms with Crippen molar-refractivity contribution in [3.63, 3.8) is 0 Å². The molecule has 2 aromatic rings. The molecule has 8 nitrogen and oxygen atoms in total. The number of amidine groups is 1. The number of hydrogen-bond acceptors (Lipinski definition) is 6. The molecule has 1 aliphatic heterocycles. The van der Waals surface area contributed by atoms with Gasteiger partial charge in [0.25, 0.3) is 0 Å². The number of benzene rings is 2. The van der Waals surface area contributed by atoms with Gasteiger partial charge in [-0.2, -0.15) is 0 Å². The van der Waals surface area contributed by atoms with Gasteiger partial charge in [0.1, 0.15) is 5.84 Å². The number of aliphatic hydroxyl groups is 2. The first-order valence-electron chi connectivity index (χ1n) is 12.1. The van der Waals surface area contributed by atoms with Crippen LogP contribution in [0.4, 0.5) is 0 Å². The number of amides is 1. The summed E-state index contributed by atoms with van der Waals surface area (Å²) < 4.78 is 10.8. The van der Waals surface area contributed by atoms with Crippen LogP contribution in [0, 0.1) is 5.41 Å². The van der Waals surface area contributed by atoms with Crippen LogP contribution in [0.1, 0.15) is 45.7 Å². The van der Waals surface area contributed by atoms with E-state index in [2.05, 4.69) is 0 Å². The molecule has 35 heavy (non-hydrogen) atoms. The van der Waals surface area contributed by atoms with Crippen molar-refractivity contribution in [1.29, 1.82) is 5.41 Å². The summed E-state index contributed by atoms with van der Waals surface area (Å²) in [6.07, 6.45) is 2.63. The van der Waals surface area contributed by atoms with Crippen LogP contribution in [-0.4, -0.2) is 72.7 Å². The molecule has 2 aromatic carbocycles. The maximum Gasteiger partial charge on any atom is 0.227 e. The van der Waals surface area contributed by atoms with Crippen molar-refractivity contribution < 1.29 is 24.5 Å². The molecule has 0 radical (unpaired) electrons. The molecular weight excluding hydrogens is 446 g/mol. The molecule has 1 unspecified atom stereocenters. The fraction of sp³-hybridized carbons (Fsp3) is 0.481. The quantitative estimate of drug-likeness (QED) is 0.375. The van der Waals surface area contributed by atoms with Crippen molar-refractivity contribution in [2.75, 3.05) is 40.9 Å². The summed E-state index contributed by atoms with van der Waals surface area (Å²) in [5.74, 6) is 2.10. The zero-order valence-electron chi connectivity index (χ0n) is 20.8. The largest absolute Gasteiger partial charge is 0.493 e. The summed E-state index contributed by atoms with van der Waals surface area (Å²) in [6.45, 7) is 1.69. The van der Waals surface area contributed by atoms with E-state index in [-0.39, 0.29) is 25.0 Å². The van der Waals surface area contributed by atoms with Crippen LogP contribution in [-0.2, 0) is 37.3 Å². The van der Waals surface area contributed by atoms with Gasteiger partial charge in [-0.25, -0.2) is 0 Å². The SMILES string of the molecule is COc1cc2c(cc1OC)C(C(=N)N(C)CCCN1CCc3cc(CO)c(CO)cc3CC1=O)C2. The predicted octanol–water partition coefficient (Wildman–Crippen LogP) is 2.25. The molecule has 0 aromatic heterocycles. The number of aliphatic hydroxyl groups excluding tert-OH is 2. The molecule has 0 fully saturated rings. The highest BCUT2D eigenvalue weighted by molar-refractivity contribution is 5.89. The van der Waals surface area contributed by atoms with Crippen LogP contribution in [0.5, 0.6) is 11.5 Å². The zero-order valence-corrected chi connectivity index (χ0v) is 20.8. The van der Waals surface area contributed by atoms with E-state index in [9.17, 15) is 15.0 Å². The van der Waals surface area contributed by atoms with Crippen LogP contribution in [0.25, 0.3) is 0 Å². The first-order valence-corrected chi connectivity index (χ1v) is 12.1. The lowest BCUT2D eigenvalue weighted by Gasteiger charge is -2.35. The molecule has 8 heteroatoms. The summed E-state index contributed by atoms with van der Waals surface area (Å²) in [6, 6.07) is 7.75. The summed E-state index contributed by atoms with van der Waals surface area (Å²) in [5, 5.41) is 27.9. The smallest absolute Gasteiger partial charge is 0.227 e. The summed E-state index contributed by atoms with van der Waals surface area (Å²) in [4.78, 5) is 16.8. The fourth-order valence-electron chi connectivity index (χ4n) is 5.14. The van der Waals surface area contributed by atoms with Crippen molar-refractivity contribution in [2.24, 2.45) is 0 Å². The van der Waals surface area contributed by atoms with Crippen molar-refractivity contribution in [3.05, 3.63) is 57.6 Å². The van der Waals surface area contributed by atoms with Gasteiger partial charge in [0.2, 0.25) is 5.91 Å². The lowest BCUT2D eigenvalue weighted by atomic mass is 9.76. The van der Waals surface area contributed by atoms with Crippen LogP contribution < -0.4 is 9.47 Å². The maximum atomic E-state index is 12.9. The average molecular weight is 482 g/mol. The number of carbonyl (C=O) groups is 1. The van der Waals surface area contributed by atoms with Crippen molar-refractivity contribution in [1.82, 2.24) is 9.80 Å². The van der Waals surface area contributed by atoms with Crippen LogP contribution in [0.15, 0.2) is 24.3 Å². The van der Waals surface area contributed by atoms with Gasteiger partial charge >= 0.3 is 0 Å². The lowest BCUT2D eigenvalue weighted by Crippen LogP contribution is -2.39. The number of carbonyl (C=O) groups excluding carboxylic acids is 1. The summed E-state index contributed by atoms with van der Waals surface area (Å²) in [7, 11) is 5.19. The van der Waals surface area contributed by atoms with Crippen molar-refractivity contribution >= 4 is 11.7 Å². The Labute approximate surface area is 206 Å². The minimum absolute atomic E-state index is 0.0468. The number of methoxy groups -OCH3 is 2. The van der Waals surface area contributed by atoms with E-state index in [0.29, 0.717) is 49.0 Å². The molecule has 0 bridgehead atoms. The van der Waals surface area contributed by atoms with Gasteiger partial charge in [0.15, 0.2) is 11.5 Å². The molecule has 2 aliphatic rings. The molecule has 1 atom stereocenters. The van der Waals surface area contributed by atoms with Crippen molar-refractivity contribution in [3.8, 4) is 11.5 Å². The second kappa shape index (κ2) is 10.7. The predicted molar refractivity (Wildman–Crippen MR) is 133 cm³/mol. The molecule has 0 saturated heterocycles. The Morgan fingerprint density at radius 2 is 1.71 bits per heavy atom. The lowest BCUT2D eigenvalue weighted by molar-refractivity contribution is -0.130. The van der Waals surface area contributed by atoms with Gasteiger partial charge in [-0.1, -0.05) is 12.1 Å². The van der Waals surface area contributed by atoms with E-state index in [1.165, 1.54) is 5.56 Å². The number of hydrogen-bond donors (Lipinski definition) is 3. The molecule has 1 heterocycles. The normalized spacial score (nSPS) is 16.7. The topological polar surface area (TPSA) is 106 Å². The summed E-state index contributed by atoms with van der Waals surface area (Å²) >= 11 is 0. The van der Waals surface area contributed by atoms with Crippen LogP contribution in [0.2, 0.25) is 0 Å². The Bertz CT molecular complexity index is 1120. The number of nitrogens with zero attached hydrogens (tertiary/aromatic N) is 2. The third kappa shape index (κ3) is 4.99. The minimum atomic E-state index is -0.148. The van der Waals surface area contributed by atoms with Gasteiger partial charge in [-0.15, -0.1) is 0 Å². The maximum absolute atomic E-state index is 12.9. The van der Waals surface area contributed by atoms with Gasteiger partial charge in [-0.3, -0.25) is 10.2 Å². The first kappa shape index (κ1) is 25.0. The van der Waals surface area contributed by atoms with Gasteiger partial charge in [-0.05, 0) is 64.8 Å². The number of nitrogens with one attached hydrogen (secondary N) is 1. The molecule has 0 spiro atoms. The molecular formula is C27H35N3O5. The van der Waals surface area contributed by atoms with Gasteiger partial charge < -0.3 is 29.5 Å². The van der Waals surface area contributed by atoms with E-state index < -0.39 is 0 Å². The van der Waals surface area contributed by atoms with E-state index in [4.69, 9.17) is 14.9 Å². The highest BCUT2D eigenvalue weighted by atomic mass is 16.5. The Morgan fingerprint density at radius 1 is 1.06 bits per heavy atom. The molecule has 188 valence electrons. The second-order valence-electron chi connectivity index (χ2n) is 9.34. The highest BCUT2D eigenvalue weighted by Gasteiger charge is 2.33. The second-order valence-corrected chi connectivity index (χ2v) is 9.34. The van der Waals surface area contributed by atoms with E-state index >= 15 is 0 Å². The number of ether oxygens (including phenoxy) is 2. The Hall–Kier alpha value is -3.10. The van der Waals surface area contributed by atoms with Gasteiger partial charge in [0, 0.05) is 32.6 Å². The zero-order chi connectivity index (χ0) is 25.1. The van der Waals surface area contributed by atoms with Crippen LogP contribution in [0.3, 0.4) is 0 Å². The number of likely N-dealkylation sites (N-methyl/N-ethyl adjacent to an activating group) is 1. The number of fused-ring (bicyclic) bond motifs is 2. The van der Waals surface area contributed by atoms with Gasteiger partial charge in [0.05, 0.1) is 33.9 Å². The fourth-order valence-corrected chi connectivity index (χ4v) is 5.14. The first-order chi connectivity index (χ1) is 16.9. The Balaban J connectivity index is 1.32. The molecule has 4 rings (SSSR count). The highest BCUT2D eigenvalue weighted by Crippen LogP contribution is 2.43. The third-order valence-electron chi connectivity index (χ3n) is 7.32. The molecule has 3 N–H and O–H groups in total. The average Bonchev–Trinajstić information content (AvgIpc) is 3.01. The molecule has 1 aliphatic carbocycles. The minimum Gasteiger partial charge on any atom is -0.493 e. The number of rotatable bonds is 9. The summed E-state index contributed by atoms with van der Waals surface area (Å²) in [5.41, 5.74) is 5.71. The van der Waals surface area contributed by atoms with E-state index in [1.807, 2.05) is 41.1 Å². The van der Waals surface area contributed by atoms with E-state index in [0.717, 1.165) is 41.5 Å². The standard InChI is InChI=1S/C27H35N3O5/c1-29(27(28)23-11-19-12-24(34-2)25(35-3)14-22(19)23)6-4-7-30-8-5-17-9-20(15-31)21(16-32)10-18(17)13-26(30)33/h9-10,12,14,23,28,31-32H,4-8,11,13,15-16H2,1-3H3. The molecule has 0 saturated carbocycles. The van der Waals surface area contributed by atoms with E-state index in [1.54, 1.807) is 14.2 Å².